The number of benzene rings is 1. The second-order valence-electron chi connectivity index (χ2n) is 9.66. The van der Waals surface area contributed by atoms with Crippen molar-refractivity contribution >= 4 is 23.4 Å². The molecule has 2 saturated carbocycles. The van der Waals surface area contributed by atoms with Crippen LogP contribution in [0.1, 0.15) is 57.4 Å². The number of rotatable bonds is 5. The molecular weight excluding hydrogens is 465 g/mol. The summed E-state index contributed by atoms with van der Waals surface area (Å²) in [5.41, 5.74) is 0.337. The minimum Gasteiger partial charge on any atom is -0.502 e. The van der Waals surface area contributed by atoms with E-state index >= 15 is 0 Å². The number of amides is 2. The number of carbonyl (C=O) groups is 2. The minimum absolute atomic E-state index is 0.0145. The van der Waals surface area contributed by atoms with Gasteiger partial charge in [-0.1, -0.05) is 17.7 Å². The van der Waals surface area contributed by atoms with Gasteiger partial charge in [0.1, 0.15) is 17.7 Å². The van der Waals surface area contributed by atoms with Gasteiger partial charge in [-0.15, -0.1) is 0 Å². The average molecular weight is 488 g/mol. The number of nitrogens with zero attached hydrogens (tertiary/aromatic N) is 3. The van der Waals surface area contributed by atoms with E-state index < -0.39 is 29.2 Å². The molecule has 3 atom stereocenters. The Kier molecular flexibility index (Phi) is 4.80. The molecule has 4 aliphatic rings. The van der Waals surface area contributed by atoms with Crippen LogP contribution in [-0.2, 0) is 13.0 Å². The molecule has 10 heteroatoms. The molecule has 2 fully saturated rings. The van der Waals surface area contributed by atoms with Crippen LogP contribution in [0.5, 0.6) is 5.75 Å². The van der Waals surface area contributed by atoms with Crippen LogP contribution in [0.25, 0.3) is 0 Å². The fourth-order valence-corrected chi connectivity index (χ4v) is 5.72. The van der Waals surface area contributed by atoms with Gasteiger partial charge < -0.3 is 20.0 Å². The van der Waals surface area contributed by atoms with E-state index in [0.717, 1.165) is 12.8 Å². The van der Waals surface area contributed by atoms with Gasteiger partial charge in [-0.05, 0) is 49.3 Å². The molecule has 1 aromatic carbocycles. The standard InChI is InChI=1S/C24H23ClFN3O5/c25-15-7-11(1-4-16(15)26)9-27-6-5-14-18(22(27)32)20(31)24(34)29-19(14)23(33)28(17-8-13(17)10-30)21(29)12-2-3-12/h1,4,7,12-13,17,21,30-31H,2-3,5-6,8-10H2. The monoisotopic (exact) mass is 487 g/mol. The van der Waals surface area contributed by atoms with E-state index in [1.54, 1.807) is 4.90 Å². The highest BCUT2D eigenvalue weighted by Gasteiger charge is 2.56. The van der Waals surface area contributed by atoms with Crippen LogP contribution in [0.15, 0.2) is 23.0 Å². The van der Waals surface area contributed by atoms with Crippen molar-refractivity contribution in [2.75, 3.05) is 13.2 Å². The fraction of sp³-hybridized carbons (Fsp3) is 0.458. The Morgan fingerprint density at radius 3 is 2.56 bits per heavy atom. The van der Waals surface area contributed by atoms with E-state index in [4.69, 9.17) is 11.6 Å². The predicted octanol–water partition coefficient (Wildman–Crippen LogP) is 2.29. The summed E-state index contributed by atoms with van der Waals surface area (Å²) in [5, 5.41) is 20.4. The molecule has 8 nitrogen and oxygen atoms in total. The van der Waals surface area contributed by atoms with Crippen molar-refractivity contribution in [1.82, 2.24) is 14.4 Å². The smallest absolute Gasteiger partial charge is 0.295 e. The van der Waals surface area contributed by atoms with Crippen molar-refractivity contribution < 1.29 is 24.2 Å². The third-order valence-electron chi connectivity index (χ3n) is 7.48. The molecule has 34 heavy (non-hydrogen) atoms. The normalized spacial score (nSPS) is 25.6. The van der Waals surface area contributed by atoms with Gasteiger partial charge in [0.15, 0.2) is 5.75 Å². The summed E-state index contributed by atoms with van der Waals surface area (Å²) in [4.78, 5) is 43.4. The second-order valence-corrected chi connectivity index (χ2v) is 10.1. The zero-order valence-corrected chi connectivity index (χ0v) is 19.0. The molecule has 2 aromatic rings. The zero-order chi connectivity index (χ0) is 23.9. The number of pyridine rings is 1. The van der Waals surface area contributed by atoms with E-state index in [1.807, 2.05) is 0 Å². The van der Waals surface area contributed by atoms with Crippen LogP contribution >= 0.6 is 11.6 Å². The van der Waals surface area contributed by atoms with Crippen molar-refractivity contribution in [3.8, 4) is 5.75 Å². The van der Waals surface area contributed by atoms with Crippen LogP contribution in [0.3, 0.4) is 0 Å². The van der Waals surface area contributed by atoms with Gasteiger partial charge in [0.25, 0.3) is 17.4 Å². The molecule has 0 bridgehead atoms. The Morgan fingerprint density at radius 2 is 1.91 bits per heavy atom. The Balaban J connectivity index is 1.40. The van der Waals surface area contributed by atoms with E-state index in [9.17, 15) is 29.0 Å². The SMILES string of the molecule is O=C1c2c(c3n(c(=O)c2O)C(C2CC2)N(C2CC2CO)C3=O)CCN1Cc1ccc(F)c(Cl)c1. The fourth-order valence-electron chi connectivity index (χ4n) is 5.52. The lowest BCUT2D eigenvalue weighted by molar-refractivity contribution is 0.0618. The molecule has 3 heterocycles. The molecule has 1 aromatic heterocycles. The van der Waals surface area contributed by atoms with Gasteiger partial charge in [0, 0.05) is 37.2 Å². The number of aliphatic hydroxyl groups is 1. The molecule has 2 N–H and O–H groups in total. The number of aliphatic hydroxyl groups excluding tert-OH is 1. The Bertz CT molecular complexity index is 1310. The summed E-state index contributed by atoms with van der Waals surface area (Å²) in [7, 11) is 0. The molecule has 0 saturated heterocycles. The highest BCUT2D eigenvalue weighted by molar-refractivity contribution is 6.30. The lowest BCUT2D eigenvalue weighted by Crippen LogP contribution is -2.40. The molecule has 6 rings (SSSR count). The number of fused-ring (bicyclic) bond motifs is 3. The minimum atomic E-state index is -0.734. The molecular formula is C24H23ClFN3O5. The quantitative estimate of drug-likeness (QED) is 0.673. The van der Waals surface area contributed by atoms with E-state index in [0.29, 0.717) is 24.0 Å². The van der Waals surface area contributed by atoms with Crippen molar-refractivity contribution in [3.05, 3.63) is 61.8 Å². The van der Waals surface area contributed by atoms with Gasteiger partial charge in [0.05, 0.1) is 10.6 Å². The van der Waals surface area contributed by atoms with Gasteiger partial charge in [-0.3, -0.25) is 19.0 Å². The van der Waals surface area contributed by atoms with Gasteiger partial charge in [0.2, 0.25) is 0 Å². The number of hydrogen-bond donors (Lipinski definition) is 2. The second kappa shape index (κ2) is 7.55. The van der Waals surface area contributed by atoms with E-state index in [-0.39, 0.29) is 59.8 Å². The van der Waals surface area contributed by atoms with Crippen LogP contribution in [0.4, 0.5) is 4.39 Å². The van der Waals surface area contributed by atoms with E-state index in [1.165, 1.54) is 27.7 Å². The number of halogens is 2. The van der Waals surface area contributed by atoms with Crippen molar-refractivity contribution in [2.45, 2.75) is 44.4 Å². The first-order chi connectivity index (χ1) is 16.3. The summed E-state index contributed by atoms with van der Waals surface area (Å²) in [6, 6.07) is 4.04. The van der Waals surface area contributed by atoms with Gasteiger partial charge in [-0.25, -0.2) is 4.39 Å². The molecule has 2 aliphatic heterocycles. The average Bonchev–Trinajstić information content (AvgIpc) is 3.74. The third kappa shape index (κ3) is 3.10. The molecule has 178 valence electrons. The molecule has 0 spiro atoms. The van der Waals surface area contributed by atoms with E-state index in [2.05, 4.69) is 0 Å². The molecule has 2 aliphatic carbocycles. The number of carbonyl (C=O) groups excluding carboxylic acids is 2. The Morgan fingerprint density at radius 1 is 1.15 bits per heavy atom. The summed E-state index contributed by atoms with van der Waals surface area (Å²) in [5.74, 6) is -1.94. The topological polar surface area (TPSA) is 103 Å². The largest absolute Gasteiger partial charge is 0.502 e. The highest BCUT2D eigenvalue weighted by atomic mass is 35.5. The van der Waals surface area contributed by atoms with Crippen LogP contribution in [-0.4, -0.2) is 55.6 Å². The number of aromatic nitrogens is 1. The van der Waals surface area contributed by atoms with Crippen LogP contribution < -0.4 is 5.56 Å². The number of aromatic hydroxyl groups is 1. The molecule has 2 amide bonds. The first kappa shape index (κ1) is 21.6. The van der Waals surface area contributed by atoms with Gasteiger partial charge >= 0.3 is 0 Å². The Labute approximate surface area is 199 Å². The third-order valence-corrected chi connectivity index (χ3v) is 7.77. The van der Waals surface area contributed by atoms with Crippen molar-refractivity contribution in [2.24, 2.45) is 11.8 Å². The van der Waals surface area contributed by atoms with Crippen molar-refractivity contribution in [3.63, 3.8) is 0 Å². The summed E-state index contributed by atoms with van der Waals surface area (Å²) in [6.07, 6.45) is 2.24. The summed E-state index contributed by atoms with van der Waals surface area (Å²) < 4.78 is 14.9. The molecule has 3 unspecified atom stereocenters. The summed E-state index contributed by atoms with van der Waals surface area (Å²) >= 11 is 5.86. The predicted molar refractivity (Wildman–Crippen MR) is 119 cm³/mol. The van der Waals surface area contributed by atoms with Crippen molar-refractivity contribution in [1.29, 1.82) is 0 Å². The molecule has 0 radical (unpaired) electrons. The maximum absolute atomic E-state index is 13.6. The zero-order valence-electron chi connectivity index (χ0n) is 18.2. The first-order valence-corrected chi connectivity index (χ1v) is 11.9. The van der Waals surface area contributed by atoms with Gasteiger partial charge in [-0.2, -0.15) is 0 Å². The maximum atomic E-state index is 13.6. The van der Waals surface area contributed by atoms with Crippen LogP contribution in [0, 0.1) is 17.7 Å². The lowest BCUT2D eigenvalue weighted by atomic mass is 9.95. The van der Waals surface area contributed by atoms with Crippen LogP contribution in [0.2, 0.25) is 5.02 Å². The lowest BCUT2D eigenvalue weighted by Gasteiger charge is -2.30. The highest BCUT2D eigenvalue weighted by Crippen LogP contribution is 2.51. The maximum Gasteiger partial charge on any atom is 0.295 e. The Hall–Kier alpha value is -2.91. The summed E-state index contributed by atoms with van der Waals surface area (Å²) in [6.45, 7) is 0.373. The number of hydrogen-bond acceptors (Lipinski definition) is 5. The first-order valence-electron chi connectivity index (χ1n) is 11.5.